The third-order valence-corrected chi connectivity index (χ3v) is 9.89. The molecule has 3 unspecified atom stereocenters. The maximum atomic E-state index is 14.9. The van der Waals surface area contributed by atoms with Crippen molar-refractivity contribution in [1.82, 2.24) is 15.0 Å². The molecule has 3 heterocycles. The first-order valence-corrected chi connectivity index (χ1v) is 16.4. The van der Waals surface area contributed by atoms with Crippen LogP contribution in [0, 0.1) is 5.82 Å². The molecule has 0 saturated heterocycles. The van der Waals surface area contributed by atoms with E-state index in [-0.39, 0.29) is 54.5 Å². The van der Waals surface area contributed by atoms with Crippen molar-refractivity contribution < 1.29 is 46.3 Å². The number of ether oxygens (including phenoxy) is 2. The highest BCUT2D eigenvalue weighted by atomic mass is 32.2. The lowest BCUT2D eigenvalue weighted by Gasteiger charge is -2.32. The summed E-state index contributed by atoms with van der Waals surface area (Å²) in [4.78, 5) is 19.2. The first-order valence-electron chi connectivity index (χ1n) is 15.3. The van der Waals surface area contributed by atoms with Crippen molar-refractivity contribution in [3.63, 3.8) is 0 Å². The van der Waals surface area contributed by atoms with Gasteiger partial charge in [-0.15, -0.1) is 0 Å². The molecule has 3 aromatic rings. The molecule has 15 heteroatoms. The highest BCUT2D eigenvalue weighted by molar-refractivity contribution is 7.84. The number of aliphatic hydroxyl groups is 2. The molecule has 0 fully saturated rings. The lowest BCUT2D eigenvalue weighted by atomic mass is 9.82. The zero-order chi connectivity index (χ0) is 35.1. The Balaban J connectivity index is 1.52. The Morgan fingerprint density at radius 2 is 1.81 bits per heavy atom. The number of aromatic nitrogens is 1. The summed E-state index contributed by atoms with van der Waals surface area (Å²) in [6.45, 7) is 6.82. The maximum Gasteiger partial charge on any atom is 0.424 e. The fourth-order valence-corrected chi connectivity index (χ4v) is 6.34. The van der Waals surface area contributed by atoms with Gasteiger partial charge in [-0.25, -0.2) is 18.3 Å². The maximum absolute atomic E-state index is 14.9. The van der Waals surface area contributed by atoms with Crippen LogP contribution in [-0.4, -0.2) is 82.2 Å². The Hall–Kier alpha value is -3.79. The van der Waals surface area contributed by atoms with E-state index in [0.717, 1.165) is 18.2 Å². The fourth-order valence-electron chi connectivity index (χ4n) is 5.46. The number of rotatable bonds is 10. The predicted molar refractivity (Wildman–Crippen MR) is 172 cm³/mol. The number of alkyl halides is 3. The van der Waals surface area contributed by atoms with E-state index in [9.17, 15) is 36.8 Å². The Bertz CT molecular complexity index is 1700. The number of carbonyl (C=O) groups is 1. The topological polar surface area (TPSA) is 133 Å². The minimum absolute atomic E-state index is 0.00284. The normalized spacial score (nSPS) is 19.4. The molecule has 0 radical (unpaired) electrons. The molecule has 2 aliphatic rings. The van der Waals surface area contributed by atoms with Crippen LogP contribution in [0.1, 0.15) is 49.3 Å². The number of hydrogen-bond acceptors (Lipinski definition) is 8. The molecule has 1 aromatic heterocycles. The molecular weight excluding hydrogens is 656 g/mol. The molecule has 10 nitrogen and oxygen atoms in total. The van der Waals surface area contributed by atoms with Gasteiger partial charge in [0.15, 0.2) is 0 Å². The molecule has 0 aliphatic carbocycles. The van der Waals surface area contributed by atoms with Crippen LogP contribution in [0.25, 0.3) is 11.3 Å². The van der Waals surface area contributed by atoms with Gasteiger partial charge in [-0.3, -0.25) is 4.79 Å². The summed E-state index contributed by atoms with van der Waals surface area (Å²) in [5, 5.41) is 23.0. The monoisotopic (exact) mass is 694 g/mol. The van der Waals surface area contributed by atoms with Gasteiger partial charge in [0.1, 0.15) is 29.6 Å². The number of fused-ring (bicyclic) bond motifs is 2. The van der Waals surface area contributed by atoms with Gasteiger partial charge in [0.25, 0.3) is 5.91 Å². The molecule has 260 valence electrons. The minimum Gasteiger partial charge on any atom is -0.490 e. The summed E-state index contributed by atoms with van der Waals surface area (Å²) in [6, 6.07) is 10.4. The van der Waals surface area contributed by atoms with E-state index in [1.807, 2.05) is 4.90 Å². The van der Waals surface area contributed by atoms with E-state index < -0.39 is 56.9 Å². The van der Waals surface area contributed by atoms with Crippen LogP contribution in [0.15, 0.2) is 48.5 Å². The summed E-state index contributed by atoms with van der Waals surface area (Å²) >= 11 is 0. The van der Waals surface area contributed by atoms with Gasteiger partial charge in [-0.05, 0) is 69.3 Å². The number of aliphatic hydroxyl groups excluding tert-OH is 1. The third kappa shape index (κ3) is 7.00. The smallest absolute Gasteiger partial charge is 0.424 e. The van der Waals surface area contributed by atoms with Crippen LogP contribution in [-0.2, 0) is 22.0 Å². The Labute approximate surface area is 278 Å². The summed E-state index contributed by atoms with van der Waals surface area (Å²) in [7, 11) is -1.51. The molecule has 4 N–H and O–H groups in total. The minimum atomic E-state index is -5.31. The summed E-state index contributed by atoms with van der Waals surface area (Å²) < 4.78 is 85.2. The van der Waals surface area contributed by atoms with Crippen LogP contribution in [0.5, 0.6) is 11.5 Å². The number of nitrogens with one attached hydrogen (secondary N) is 2. The number of hydrogen-bond donors (Lipinski definition) is 4. The predicted octanol–water partition coefficient (Wildman–Crippen LogP) is 3.96. The largest absolute Gasteiger partial charge is 0.490 e. The zero-order valence-corrected chi connectivity index (χ0v) is 27.7. The van der Waals surface area contributed by atoms with Crippen LogP contribution < -0.4 is 24.4 Å². The molecule has 2 aliphatic heterocycles. The summed E-state index contributed by atoms with van der Waals surface area (Å²) in [5.41, 5.74) is -4.42. The fraction of sp³-hybridized carbons (Fsp3) is 0.455. The van der Waals surface area contributed by atoms with Crippen molar-refractivity contribution in [1.29, 1.82) is 0 Å². The standard InChI is InChI=1S/C33H38F4N4O6S/c1-30(2,3)48(45)39-17-31(4)19-47-28-23(31)16-26(40-27(28)20-5-8-22(34)9-6-20)32(44,33(35,36)37)18-38-29(43)21-7-10-24-25(15-21)46-14-12-41(24)11-13-42/h5-10,15-16,39,42,44H,11-14,17-19H2,1-4H3,(H,38,43). The number of carbonyl (C=O) groups excluding carboxylic acids is 1. The summed E-state index contributed by atoms with van der Waals surface area (Å²) in [6.07, 6.45) is -5.31. The molecule has 0 saturated carbocycles. The lowest BCUT2D eigenvalue weighted by Crippen LogP contribution is -2.51. The molecule has 1 amide bonds. The highest BCUT2D eigenvalue weighted by Crippen LogP contribution is 2.47. The van der Waals surface area contributed by atoms with Gasteiger partial charge in [0.2, 0.25) is 5.60 Å². The van der Waals surface area contributed by atoms with E-state index in [2.05, 4.69) is 15.0 Å². The molecule has 48 heavy (non-hydrogen) atoms. The average molecular weight is 695 g/mol. The summed E-state index contributed by atoms with van der Waals surface area (Å²) in [5.74, 6) is -0.994. The van der Waals surface area contributed by atoms with E-state index in [4.69, 9.17) is 9.47 Å². The van der Waals surface area contributed by atoms with Gasteiger partial charge >= 0.3 is 6.18 Å². The van der Waals surface area contributed by atoms with Crippen molar-refractivity contribution in [2.24, 2.45) is 0 Å². The van der Waals surface area contributed by atoms with Gasteiger partial charge in [0, 0.05) is 35.2 Å². The van der Waals surface area contributed by atoms with Crippen molar-refractivity contribution in [3.8, 4) is 22.8 Å². The SMILES string of the molecule is CC1(CNS(=O)C(C)(C)C)COc2c1cc(C(O)(CNC(=O)c1ccc3c(c1)OCCN3CCO)C(F)(F)F)nc2-c1ccc(F)cc1. The third-order valence-electron chi connectivity index (χ3n) is 8.37. The Kier molecular flexibility index (Phi) is 9.81. The molecule has 0 bridgehead atoms. The lowest BCUT2D eigenvalue weighted by molar-refractivity contribution is -0.265. The Morgan fingerprint density at radius 3 is 2.46 bits per heavy atom. The van der Waals surface area contributed by atoms with Gasteiger partial charge in [-0.2, -0.15) is 13.2 Å². The van der Waals surface area contributed by atoms with Crippen molar-refractivity contribution in [2.75, 3.05) is 50.9 Å². The van der Waals surface area contributed by atoms with Crippen LogP contribution >= 0.6 is 0 Å². The second kappa shape index (κ2) is 13.3. The second-order valence-electron chi connectivity index (χ2n) is 13.1. The number of pyridine rings is 1. The van der Waals surface area contributed by atoms with Crippen LogP contribution in [0.4, 0.5) is 23.2 Å². The van der Waals surface area contributed by atoms with Crippen molar-refractivity contribution in [3.05, 3.63) is 71.2 Å². The molecule has 0 spiro atoms. The van der Waals surface area contributed by atoms with Gasteiger partial charge in [-0.1, -0.05) is 6.92 Å². The number of amides is 1. The van der Waals surface area contributed by atoms with E-state index in [1.54, 1.807) is 33.8 Å². The number of nitrogens with zero attached hydrogens (tertiary/aromatic N) is 2. The number of anilines is 1. The highest BCUT2D eigenvalue weighted by Gasteiger charge is 2.57. The van der Waals surface area contributed by atoms with Crippen molar-refractivity contribution >= 4 is 22.6 Å². The van der Waals surface area contributed by atoms with E-state index >= 15 is 0 Å². The second-order valence-corrected chi connectivity index (χ2v) is 15.1. The van der Waals surface area contributed by atoms with E-state index in [1.165, 1.54) is 24.3 Å². The van der Waals surface area contributed by atoms with Gasteiger partial charge in [0.05, 0.1) is 53.4 Å². The molecular formula is C33H38F4N4O6S. The van der Waals surface area contributed by atoms with Gasteiger partial charge < -0.3 is 29.9 Å². The Morgan fingerprint density at radius 1 is 1.10 bits per heavy atom. The molecule has 5 rings (SSSR count). The zero-order valence-electron chi connectivity index (χ0n) is 26.9. The number of benzene rings is 2. The van der Waals surface area contributed by atoms with Crippen molar-refractivity contribution in [2.45, 2.75) is 49.6 Å². The van der Waals surface area contributed by atoms with E-state index in [0.29, 0.717) is 24.5 Å². The average Bonchev–Trinajstić information content (AvgIpc) is 3.37. The van der Waals surface area contributed by atoms with Crippen LogP contribution in [0.3, 0.4) is 0 Å². The molecule has 2 aromatic carbocycles. The number of halogens is 4. The first kappa shape index (κ1) is 35.5. The van der Waals surface area contributed by atoms with Crippen LogP contribution in [0.2, 0.25) is 0 Å². The quantitative estimate of drug-likeness (QED) is 0.235. The number of β-amino-alcohol motifs (C(OH)–C–C–N with tert-alkyl or cyclic N) is 1. The molecule has 3 atom stereocenters. The first-order chi connectivity index (χ1) is 22.5.